The monoisotopic (exact) mass is 391 g/mol. The lowest BCUT2D eigenvalue weighted by molar-refractivity contribution is -0.647. The molecule has 27 heavy (non-hydrogen) atoms. The van der Waals surface area contributed by atoms with Crippen LogP contribution in [0.3, 0.4) is 0 Å². The Hall–Kier alpha value is -2.82. The highest BCUT2D eigenvalue weighted by Crippen LogP contribution is 2.39. The summed E-state index contributed by atoms with van der Waals surface area (Å²) >= 11 is 0. The zero-order valence-corrected chi connectivity index (χ0v) is 15.9. The molecule has 0 aliphatic heterocycles. The van der Waals surface area contributed by atoms with Gasteiger partial charge < -0.3 is 14.0 Å². The minimum atomic E-state index is -4.41. The number of pyridine rings is 1. The standard InChI is InChI=1S/C16H14N3O2.CH4O4S/c1-19-8-17-11-6-4-9-13-10(5-7-12(19)14(11)13)16(21-3)18-15(9)20-2;1-5-6(2,3)4/h4-8H,1-3H3;1H3,(H,2,3,4)/q+1;/p-1. The van der Waals surface area contributed by atoms with Gasteiger partial charge in [-0.1, -0.05) is 0 Å². The molecule has 0 spiro atoms. The van der Waals surface area contributed by atoms with Crippen LogP contribution in [-0.2, 0) is 21.6 Å². The number of rotatable bonds is 3. The number of hydrogen-bond acceptors (Lipinski definition) is 8. The molecule has 0 fully saturated rings. The van der Waals surface area contributed by atoms with Crippen LogP contribution >= 0.6 is 0 Å². The molecular weight excluding hydrogens is 374 g/mol. The summed E-state index contributed by atoms with van der Waals surface area (Å²) in [7, 11) is 1.63. The second kappa shape index (κ2) is 7.06. The third kappa shape index (κ3) is 3.42. The van der Waals surface area contributed by atoms with Crippen LogP contribution in [0.15, 0.2) is 30.6 Å². The van der Waals surface area contributed by atoms with E-state index in [4.69, 9.17) is 9.47 Å². The van der Waals surface area contributed by atoms with Gasteiger partial charge in [0.05, 0.1) is 33.8 Å². The summed E-state index contributed by atoms with van der Waals surface area (Å²) in [5.41, 5.74) is 2.07. The lowest BCUT2D eigenvalue weighted by Gasteiger charge is -2.13. The van der Waals surface area contributed by atoms with Crippen molar-refractivity contribution in [3.63, 3.8) is 0 Å². The first-order valence-corrected chi connectivity index (χ1v) is 9.06. The molecule has 4 aromatic rings. The molecule has 0 atom stereocenters. The third-order valence-electron chi connectivity index (χ3n) is 4.12. The predicted molar refractivity (Wildman–Crippen MR) is 96.7 cm³/mol. The Kier molecular flexibility index (Phi) is 4.96. The summed E-state index contributed by atoms with van der Waals surface area (Å²) in [6.45, 7) is 0. The summed E-state index contributed by atoms with van der Waals surface area (Å²) in [4.78, 5) is 8.95. The fraction of sp³-hybridized carbons (Fsp3) is 0.235. The van der Waals surface area contributed by atoms with Gasteiger partial charge in [0.25, 0.3) is 6.33 Å². The van der Waals surface area contributed by atoms with Crippen molar-refractivity contribution in [2.24, 2.45) is 7.05 Å². The fourth-order valence-corrected chi connectivity index (χ4v) is 2.95. The highest BCUT2D eigenvalue weighted by molar-refractivity contribution is 7.80. The maximum atomic E-state index is 9.22. The van der Waals surface area contributed by atoms with Crippen LogP contribution in [-0.4, -0.2) is 44.3 Å². The van der Waals surface area contributed by atoms with Gasteiger partial charge in [-0.3, -0.25) is 4.18 Å². The Morgan fingerprint density at radius 3 is 2.04 bits per heavy atom. The van der Waals surface area contributed by atoms with Gasteiger partial charge in [-0.2, -0.15) is 4.98 Å². The molecule has 10 heteroatoms. The smallest absolute Gasteiger partial charge is 0.287 e. The van der Waals surface area contributed by atoms with E-state index in [0.717, 1.165) is 39.7 Å². The average Bonchev–Trinajstić information content (AvgIpc) is 2.67. The van der Waals surface area contributed by atoms with Crippen molar-refractivity contribution in [3.05, 3.63) is 30.6 Å². The van der Waals surface area contributed by atoms with Gasteiger partial charge in [0.1, 0.15) is 5.52 Å². The summed E-state index contributed by atoms with van der Waals surface area (Å²) in [5, 5.41) is 4.13. The molecule has 0 aliphatic carbocycles. The largest absolute Gasteiger partial charge is 0.726 e. The first-order chi connectivity index (χ1) is 12.8. The van der Waals surface area contributed by atoms with E-state index in [-0.39, 0.29) is 0 Å². The van der Waals surface area contributed by atoms with Crippen molar-refractivity contribution >= 4 is 43.0 Å². The number of aromatic nitrogens is 3. The zero-order chi connectivity index (χ0) is 19.8. The summed E-state index contributed by atoms with van der Waals surface area (Å²) in [6.07, 6.45) is 1.83. The van der Waals surface area contributed by atoms with Crippen molar-refractivity contribution in [3.8, 4) is 11.8 Å². The summed E-state index contributed by atoms with van der Waals surface area (Å²) in [5.74, 6) is 1.14. The molecule has 0 N–H and O–H groups in total. The van der Waals surface area contributed by atoms with Crippen molar-refractivity contribution < 1.29 is 31.2 Å². The second-order valence-corrected chi connectivity index (χ2v) is 6.73. The third-order valence-corrected chi connectivity index (χ3v) is 4.53. The Morgan fingerprint density at radius 1 is 0.963 bits per heavy atom. The molecule has 0 aliphatic rings. The van der Waals surface area contributed by atoms with E-state index in [0.29, 0.717) is 11.8 Å². The van der Waals surface area contributed by atoms with Gasteiger partial charge in [0.15, 0.2) is 5.52 Å². The summed E-state index contributed by atoms with van der Waals surface area (Å²) < 4.78 is 43.9. The first kappa shape index (κ1) is 19.0. The Labute approximate surface area is 155 Å². The molecule has 2 aromatic heterocycles. The molecule has 9 nitrogen and oxygen atoms in total. The summed E-state index contributed by atoms with van der Waals surface area (Å²) in [6, 6.07) is 8.11. The first-order valence-electron chi connectivity index (χ1n) is 7.73. The number of benzene rings is 2. The minimum Gasteiger partial charge on any atom is -0.726 e. The highest BCUT2D eigenvalue weighted by Gasteiger charge is 2.20. The lowest BCUT2D eigenvalue weighted by atomic mass is 10.00. The van der Waals surface area contributed by atoms with E-state index >= 15 is 0 Å². The molecule has 4 rings (SSSR count). The van der Waals surface area contributed by atoms with Crippen LogP contribution < -0.4 is 14.0 Å². The van der Waals surface area contributed by atoms with Crippen molar-refractivity contribution in [1.29, 1.82) is 0 Å². The van der Waals surface area contributed by atoms with Crippen LogP contribution in [0.4, 0.5) is 0 Å². The van der Waals surface area contributed by atoms with E-state index in [9.17, 15) is 13.0 Å². The molecule has 0 radical (unpaired) electrons. The normalized spacial score (nSPS) is 11.6. The van der Waals surface area contributed by atoms with E-state index < -0.39 is 10.4 Å². The zero-order valence-electron chi connectivity index (χ0n) is 15.1. The van der Waals surface area contributed by atoms with E-state index in [1.807, 2.05) is 36.1 Å². The molecule has 0 bridgehead atoms. The molecule has 2 aromatic carbocycles. The van der Waals surface area contributed by atoms with Crippen molar-refractivity contribution in [2.45, 2.75) is 0 Å². The molecule has 0 unspecified atom stereocenters. The minimum absolute atomic E-state index is 0.570. The van der Waals surface area contributed by atoms with E-state index in [2.05, 4.69) is 20.2 Å². The SMILES string of the molecule is COS(=O)(=O)[O-].COc1nc(OC)c2ccc3c4c(ccc1c24)nc[n+]3C. The Morgan fingerprint density at radius 2 is 1.52 bits per heavy atom. The van der Waals surface area contributed by atoms with Crippen LogP contribution in [0.5, 0.6) is 11.8 Å². The molecule has 0 saturated heterocycles. The maximum absolute atomic E-state index is 9.22. The number of aryl methyl sites for hydroxylation is 1. The maximum Gasteiger partial charge on any atom is 0.287 e. The van der Waals surface area contributed by atoms with E-state index in [1.165, 1.54) is 0 Å². The van der Waals surface area contributed by atoms with Crippen molar-refractivity contribution in [1.82, 2.24) is 9.97 Å². The number of nitrogens with zero attached hydrogens (tertiary/aromatic N) is 3. The second-order valence-electron chi connectivity index (χ2n) is 5.58. The molecule has 142 valence electrons. The molecule has 2 heterocycles. The number of methoxy groups -OCH3 is 2. The highest BCUT2D eigenvalue weighted by atomic mass is 32.3. The average molecular weight is 391 g/mol. The molecule has 0 amide bonds. The Balaban J connectivity index is 0.000000307. The van der Waals surface area contributed by atoms with Gasteiger partial charge in [0.2, 0.25) is 22.2 Å². The van der Waals surface area contributed by atoms with Crippen LogP contribution in [0, 0.1) is 0 Å². The molecular formula is C17H17N3O6S. The topological polar surface area (TPSA) is 115 Å². The number of hydrogen-bond donors (Lipinski definition) is 0. The van der Waals surface area contributed by atoms with Crippen molar-refractivity contribution in [2.75, 3.05) is 21.3 Å². The van der Waals surface area contributed by atoms with Gasteiger partial charge in [-0.15, -0.1) is 0 Å². The van der Waals surface area contributed by atoms with Crippen LogP contribution in [0.25, 0.3) is 32.6 Å². The van der Waals surface area contributed by atoms with Gasteiger partial charge in [0, 0.05) is 16.2 Å². The predicted octanol–water partition coefficient (Wildman–Crippen LogP) is 1.31. The van der Waals surface area contributed by atoms with Crippen LogP contribution in [0.2, 0.25) is 0 Å². The fourth-order valence-electron chi connectivity index (χ4n) is 2.95. The quantitative estimate of drug-likeness (QED) is 0.222. The van der Waals surface area contributed by atoms with Gasteiger partial charge in [-0.25, -0.2) is 13.0 Å². The van der Waals surface area contributed by atoms with E-state index in [1.54, 1.807) is 14.2 Å². The van der Waals surface area contributed by atoms with Crippen LogP contribution in [0.1, 0.15) is 0 Å². The number of ether oxygens (including phenoxy) is 2. The van der Waals surface area contributed by atoms with Gasteiger partial charge in [-0.05, 0) is 29.2 Å². The Bertz CT molecular complexity index is 1200. The van der Waals surface area contributed by atoms with Gasteiger partial charge >= 0.3 is 0 Å². The molecule has 0 saturated carbocycles. The lowest BCUT2D eigenvalue weighted by Crippen LogP contribution is -2.29.